The molecule has 4 N–H and O–H groups in total. The molecule has 5 nitrogen and oxygen atoms in total. The van der Waals surface area contributed by atoms with E-state index in [4.69, 9.17) is 23.1 Å². The molecule has 0 bridgehead atoms. The number of benzene rings is 2. The van der Waals surface area contributed by atoms with E-state index in [1.54, 1.807) is 0 Å². The van der Waals surface area contributed by atoms with Gasteiger partial charge in [-0.2, -0.15) is 0 Å². The van der Waals surface area contributed by atoms with E-state index < -0.39 is 11.9 Å². The van der Waals surface area contributed by atoms with Crippen molar-refractivity contribution in [2.45, 2.75) is 64.8 Å². The Morgan fingerprint density at radius 2 is 1.65 bits per heavy atom. The molecule has 2 rings (SSSR count). The number of primary amides is 1. The lowest BCUT2D eigenvalue weighted by Gasteiger charge is -2.41. The van der Waals surface area contributed by atoms with Crippen molar-refractivity contribution in [1.29, 1.82) is 0 Å². The Balaban J connectivity index is 0.000000489. The average Bonchev–Trinajstić information content (AvgIpc) is 2.82. The van der Waals surface area contributed by atoms with Crippen LogP contribution in [0.25, 0.3) is 0 Å². The van der Waals surface area contributed by atoms with Gasteiger partial charge in [-0.15, -0.1) is 0 Å². The molecule has 0 aliphatic heterocycles. The maximum atomic E-state index is 10.5. The molecule has 6 heteroatoms. The maximum Gasteiger partial charge on any atom is 0.217 e. The van der Waals surface area contributed by atoms with Crippen LogP contribution in [-0.2, 0) is 15.0 Å². The third-order valence-corrected chi connectivity index (χ3v) is 6.78. The number of nitrogens with zero attached hydrogens (tertiary/aromatic N) is 1. The fourth-order valence-corrected chi connectivity index (χ4v) is 4.34. The average molecular weight is 488 g/mol. The Bertz CT molecular complexity index is 890. The minimum atomic E-state index is -0.535. The van der Waals surface area contributed by atoms with Crippen LogP contribution in [0.15, 0.2) is 54.6 Å². The summed E-state index contributed by atoms with van der Waals surface area (Å²) in [5, 5.41) is 0.814. The molecule has 0 saturated carbocycles. The number of Topliss-reactive ketones (excluding diaryl/α,β-unsaturated/α-hetero) is 1. The molecule has 0 aliphatic carbocycles. The van der Waals surface area contributed by atoms with Crippen LogP contribution in [0, 0.1) is 5.92 Å². The summed E-state index contributed by atoms with van der Waals surface area (Å²) in [6.45, 7) is 10.4. The molecule has 2 aromatic carbocycles. The van der Waals surface area contributed by atoms with Gasteiger partial charge in [-0.1, -0.05) is 81.3 Å². The van der Waals surface area contributed by atoms with E-state index in [0.29, 0.717) is 12.3 Å². The lowest BCUT2D eigenvalue weighted by molar-refractivity contribution is -0.119. The molecule has 3 atom stereocenters. The molecule has 1 amide bonds. The number of hydrogen-bond acceptors (Lipinski definition) is 4. The summed E-state index contributed by atoms with van der Waals surface area (Å²) >= 11 is 6.34. The third kappa shape index (κ3) is 9.21. The zero-order chi connectivity index (χ0) is 25.7. The van der Waals surface area contributed by atoms with Crippen LogP contribution < -0.4 is 11.5 Å². The summed E-state index contributed by atoms with van der Waals surface area (Å²) in [7, 11) is 2.21. The van der Waals surface area contributed by atoms with Gasteiger partial charge in [0.1, 0.15) is 5.78 Å². The predicted molar refractivity (Wildman–Crippen MR) is 143 cm³/mol. The van der Waals surface area contributed by atoms with Gasteiger partial charge in [0.15, 0.2) is 0 Å². The first kappa shape index (κ1) is 29.8. The quantitative estimate of drug-likeness (QED) is 0.431. The first-order chi connectivity index (χ1) is 16.1. The van der Waals surface area contributed by atoms with Gasteiger partial charge >= 0.3 is 0 Å². The number of carbonyl (C=O) groups excluding carboxylic acids is 2. The second kappa shape index (κ2) is 14.9. The summed E-state index contributed by atoms with van der Waals surface area (Å²) in [6, 6.07) is 18.8. The van der Waals surface area contributed by atoms with Crippen LogP contribution in [0.5, 0.6) is 0 Å². The summed E-state index contributed by atoms with van der Waals surface area (Å²) in [5.74, 6) is 0.00580. The molecular weight excluding hydrogens is 446 g/mol. The van der Waals surface area contributed by atoms with Gasteiger partial charge < -0.3 is 16.4 Å². The van der Waals surface area contributed by atoms with Crippen LogP contribution in [0.3, 0.4) is 0 Å². The molecular formula is C28H42ClN3O2. The highest BCUT2D eigenvalue weighted by atomic mass is 35.5. The fraction of sp³-hybridized carbons (Fsp3) is 0.500. The van der Waals surface area contributed by atoms with Gasteiger partial charge in [-0.25, -0.2) is 0 Å². The molecule has 0 heterocycles. The van der Waals surface area contributed by atoms with E-state index in [-0.39, 0.29) is 17.6 Å². The van der Waals surface area contributed by atoms with Crippen molar-refractivity contribution in [3.63, 3.8) is 0 Å². The Morgan fingerprint density at radius 1 is 1.03 bits per heavy atom. The number of hydrogen-bond donors (Lipinski definition) is 2. The van der Waals surface area contributed by atoms with E-state index in [0.717, 1.165) is 18.1 Å². The summed E-state index contributed by atoms with van der Waals surface area (Å²) in [5.41, 5.74) is 12.8. The van der Waals surface area contributed by atoms with E-state index >= 15 is 0 Å². The van der Waals surface area contributed by atoms with Gasteiger partial charge in [-0.05, 0) is 62.5 Å². The molecule has 2 unspecified atom stereocenters. The number of carbonyl (C=O) groups is 2. The number of rotatable bonds is 12. The van der Waals surface area contributed by atoms with Crippen molar-refractivity contribution in [3.05, 3.63) is 70.7 Å². The van der Waals surface area contributed by atoms with Gasteiger partial charge in [-0.3, -0.25) is 9.59 Å². The van der Waals surface area contributed by atoms with Crippen LogP contribution in [-0.4, -0.2) is 42.8 Å². The van der Waals surface area contributed by atoms with Gasteiger partial charge in [0, 0.05) is 23.4 Å². The molecule has 0 saturated heterocycles. The highest BCUT2D eigenvalue weighted by Crippen LogP contribution is 2.42. The molecule has 0 radical (unpaired) electrons. The van der Waals surface area contributed by atoms with E-state index in [1.807, 2.05) is 6.07 Å². The molecule has 0 aromatic heterocycles. The summed E-state index contributed by atoms with van der Waals surface area (Å²) in [6.07, 6.45) is 2.92. The SMILES string of the molecule is CC(=O)[C@@H](N)CCC(N)=O.CCCC(CN(C)CC)C(C)(c1ccccc1)c1cccc(Cl)c1. The molecule has 0 fully saturated rings. The second-order valence-electron chi connectivity index (χ2n) is 9.14. The second-order valence-corrected chi connectivity index (χ2v) is 9.58. The fourth-order valence-electron chi connectivity index (χ4n) is 4.15. The Morgan fingerprint density at radius 3 is 2.15 bits per heavy atom. The van der Waals surface area contributed by atoms with Gasteiger partial charge in [0.05, 0.1) is 6.04 Å². The van der Waals surface area contributed by atoms with Crippen molar-refractivity contribution >= 4 is 23.3 Å². The van der Waals surface area contributed by atoms with Crippen LogP contribution in [0.4, 0.5) is 0 Å². The predicted octanol–water partition coefficient (Wildman–Crippen LogP) is 5.18. The van der Waals surface area contributed by atoms with Crippen molar-refractivity contribution in [3.8, 4) is 0 Å². The molecule has 34 heavy (non-hydrogen) atoms. The van der Waals surface area contributed by atoms with E-state index in [1.165, 1.54) is 30.9 Å². The normalized spacial score (nSPS) is 14.5. The largest absolute Gasteiger partial charge is 0.370 e. The van der Waals surface area contributed by atoms with Crippen molar-refractivity contribution < 1.29 is 9.59 Å². The van der Waals surface area contributed by atoms with Crippen LogP contribution in [0.1, 0.15) is 64.5 Å². The van der Waals surface area contributed by atoms with Crippen molar-refractivity contribution in [2.24, 2.45) is 17.4 Å². The standard InChI is InChI=1S/C22H30ClN.C6H12N2O2/c1-5-11-20(17-24(4)6-2)22(3,18-12-8-7-9-13-18)19-14-10-15-21(23)16-19;1-4(9)5(7)2-3-6(8)10/h7-10,12-16,20H,5-6,11,17H2,1-4H3;5H,2-3,7H2,1H3,(H2,8,10)/t;5-/m.0/s1. The van der Waals surface area contributed by atoms with Crippen LogP contribution >= 0.6 is 11.6 Å². The minimum absolute atomic E-state index is 0.0500. The summed E-state index contributed by atoms with van der Waals surface area (Å²) in [4.78, 5) is 23.1. The summed E-state index contributed by atoms with van der Waals surface area (Å²) < 4.78 is 0. The van der Waals surface area contributed by atoms with Gasteiger partial charge in [0.25, 0.3) is 0 Å². The Kier molecular flexibility index (Phi) is 13.1. The zero-order valence-corrected chi connectivity index (χ0v) is 22.1. The lowest BCUT2D eigenvalue weighted by atomic mass is 9.65. The Hall–Kier alpha value is -2.21. The number of halogens is 1. The van der Waals surface area contributed by atoms with E-state index in [9.17, 15) is 9.59 Å². The number of nitrogens with two attached hydrogens (primary N) is 2. The third-order valence-electron chi connectivity index (χ3n) is 6.55. The smallest absolute Gasteiger partial charge is 0.217 e. The van der Waals surface area contributed by atoms with Crippen molar-refractivity contribution in [2.75, 3.05) is 20.1 Å². The monoisotopic (exact) mass is 487 g/mol. The maximum absolute atomic E-state index is 10.5. The van der Waals surface area contributed by atoms with E-state index in [2.05, 4.69) is 81.2 Å². The van der Waals surface area contributed by atoms with Crippen molar-refractivity contribution in [1.82, 2.24) is 4.90 Å². The topological polar surface area (TPSA) is 89.4 Å². The Labute approximate surface area is 210 Å². The zero-order valence-electron chi connectivity index (χ0n) is 21.4. The molecule has 0 spiro atoms. The first-order valence-corrected chi connectivity index (χ1v) is 12.5. The number of ketones is 1. The minimum Gasteiger partial charge on any atom is -0.370 e. The molecule has 2 aromatic rings. The van der Waals surface area contributed by atoms with Crippen LogP contribution in [0.2, 0.25) is 5.02 Å². The van der Waals surface area contributed by atoms with Gasteiger partial charge in [0.2, 0.25) is 5.91 Å². The first-order valence-electron chi connectivity index (χ1n) is 12.1. The highest BCUT2D eigenvalue weighted by Gasteiger charge is 2.37. The molecule has 0 aliphatic rings. The lowest BCUT2D eigenvalue weighted by Crippen LogP contribution is -2.40. The molecule has 188 valence electrons. The highest BCUT2D eigenvalue weighted by molar-refractivity contribution is 6.30. The number of amides is 1.